The number of carbonyl (C=O) groups excluding carboxylic acids is 1. The van der Waals surface area contributed by atoms with Crippen LogP contribution in [0.2, 0.25) is 0 Å². The maximum Gasteiger partial charge on any atom is 0.251 e. The van der Waals surface area contributed by atoms with Gasteiger partial charge in [0.25, 0.3) is 5.56 Å². The van der Waals surface area contributed by atoms with Gasteiger partial charge >= 0.3 is 0 Å². The molecule has 0 saturated carbocycles. The van der Waals surface area contributed by atoms with E-state index in [9.17, 15) is 9.59 Å². The highest BCUT2D eigenvalue weighted by Gasteiger charge is 2.19. The van der Waals surface area contributed by atoms with E-state index in [1.165, 1.54) is 17.8 Å². The number of thioether (sulfide) groups is 1. The van der Waals surface area contributed by atoms with E-state index in [1.54, 1.807) is 0 Å². The molecule has 1 heterocycles. The first-order valence-corrected chi connectivity index (χ1v) is 9.87. The number of rotatable bonds is 7. The summed E-state index contributed by atoms with van der Waals surface area (Å²) >= 11 is 1.27. The first kappa shape index (κ1) is 20.2. The number of anilines is 1. The zero-order valence-electron chi connectivity index (χ0n) is 16.1. The van der Waals surface area contributed by atoms with Crippen molar-refractivity contribution in [2.45, 2.75) is 63.8 Å². The summed E-state index contributed by atoms with van der Waals surface area (Å²) in [5, 5.41) is 3.16. The molecule has 1 aromatic heterocycles. The third-order valence-corrected chi connectivity index (χ3v) is 5.10. The van der Waals surface area contributed by atoms with E-state index in [4.69, 9.17) is 0 Å². The number of nitrogens with zero attached hydrogens (tertiary/aromatic N) is 1. The quantitative estimate of drug-likeness (QED) is 0.561. The summed E-state index contributed by atoms with van der Waals surface area (Å²) in [4.78, 5) is 31.6. The number of hydrogen-bond donors (Lipinski definition) is 2. The molecule has 0 bridgehead atoms. The van der Waals surface area contributed by atoms with Crippen LogP contribution in [0.15, 0.2) is 34.2 Å². The van der Waals surface area contributed by atoms with E-state index >= 15 is 0 Å². The number of aryl methyl sites for hydroxylation is 2. The Bertz CT molecular complexity index is 830. The van der Waals surface area contributed by atoms with Crippen molar-refractivity contribution in [2.24, 2.45) is 0 Å². The van der Waals surface area contributed by atoms with Crippen LogP contribution in [0.1, 0.15) is 56.9 Å². The maximum absolute atomic E-state index is 12.7. The SMILES string of the molecule is CCCc1cc(=O)[nH]c(S[C@H](C)C(=O)Nc2c(C)cccc2C(C)C)n1. The molecule has 0 aliphatic heterocycles. The van der Waals surface area contributed by atoms with Crippen LogP contribution in [0, 0.1) is 6.92 Å². The molecular weight excluding hydrogens is 346 g/mol. The molecule has 5 nitrogen and oxygen atoms in total. The van der Waals surface area contributed by atoms with Gasteiger partial charge in [-0.05, 0) is 37.3 Å². The van der Waals surface area contributed by atoms with Gasteiger partial charge in [0.05, 0.1) is 5.25 Å². The smallest absolute Gasteiger partial charge is 0.251 e. The number of para-hydroxylation sites is 1. The molecule has 2 N–H and O–H groups in total. The standard InChI is InChI=1S/C20H27N3O2S/c1-6-8-15-11-17(24)22-20(21-15)26-14(5)19(25)23-18-13(4)9-7-10-16(18)12(2)3/h7,9-12,14H,6,8H2,1-5H3,(H,23,25)(H,21,22,24)/t14-/m1/s1. The lowest BCUT2D eigenvalue weighted by Gasteiger charge is -2.18. The Hall–Kier alpha value is -2.08. The minimum atomic E-state index is -0.380. The van der Waals surface area contributed by atoms with Crippen LogP contribution in [0.5, 0.6) is 0 Å². The molecule has 1 amide bonds. The van der Waals surface area contributed by atoms with Crippen LogP contribution in [0.4, 0.5) is 5.69 Å². The molecular formula is C20H27N3O2S. The summed E-state index contributed by atoms with van der Waals surface area (Å²) in [7, 11) is 0. The van der Waals surface area contributed by atoms with E-state index in [1.807, 2.05) is 39.0 Å². The third-order valence-electron chi connectivity index (χ3n) is 4.11. The molecule has 0 spiro atoms. The van der Waals surface area contributed by atoms with Gasteiger partial charge < -0.3 is 10.3 Å². The van der Waals surface area contributed by atoms with Crippen LogP contribution in [0.25, 0.3) is 0 Å². The van der Waals surface area contributed by atoms with E-state index < -0.39 is 0 Å². The topological polar surface area (TPSA) is 74.8 Å². The van der Waals surface area contributed by atoms with E-state index in [-0.39, 0.29) is 16.7 Å². The van der Waals surface area contributed by atoms with Crippen molar-refractivity contribution in [3.8, 4) is 0 Å². The first-order chi connectivity index (χ1) is 12.3. The predicted octanol–water partition coefficient (Wildman–Crippen LogP) is 4.27. The van der Waals surface area contributed by atoms with Gasteiger partial charge in [0, 0.05) is 17.4 Å². The molecule has 2 rings (SSSR count). The molecule has 0 aliphatic rings. The van der Waals surface area contributed by atoms with Gasteiger partial charge in [-0.1, -0.05) is 57.2 Å². The summed E-state index contributed by atoms with van der Waals surface area (Å²) in [5.74, 6) is 0.214. The Morgan fingerprint density at radius 3 is 2.69 bits per heavy atom. The maximum atomic E-state index is 12.7. The highest BCUT2D eigenvalue weighted by molar-refractivity contribution is 8.00. The first-order valence-electron chi connectivity index (χ1n) is 8.99. The lowest BCUT2D eigenvalue weighted by atomic mass is 9.98. The minimum Gasteiger partial charge on any atom is -0.325 e. The zero-order valence-corrected chi connectivity index (χ0v) is 16.9. The van der Waals surface area contributed by atoms with Crippen LogP contribution < -0.4 is 10.9 Å². The Morgan fingerprint density at radius 2 is 2.04 bits per heavy atom. The van der Waals surface area contributed by atoms with Crippen LogP contribution >= 0.6 is 11.8 Å². The lowest BCUT2D eigenvalue weighted by Crippen LogP contribution is -2.24. The number of aromatic nitrogens is 2. The van der Waals surface area contributed by atoms with Crippen molar-refractivity contribution < 1.29 is 4.79 Å². The molecule has 26 heavy (non-hydrogen) atoms. The molecule has 0 aliphatic carbocycles. The van der Waals surface area contributed by atoms with Crippen molar-refractivity contribution in [3.05, 3.63) is 51.4 Å². The monoisotopic (exact) mass is 373 g/mol. The van der Waals surface area contributed by atoms with Crippen molar-refractivity contribution in [1.82, 2.24) is 9.97 Å². The second-order valence-corrected chi connectivity index (χ2v) is 8.06. The average molecular weight is 374 g/mol. The Balaban J connectivity index is 2.15. The Labute approximate surface area is 159 Å². The summed E-state index contributed by atoms with van der Waals surface area (Å²) in [6, 6.07) is 7.55. The second-order valence-electron chi connectivity index (χ2n) is 6.74. The summed E-state index contributed by atoms with van der Waals surface area (Å²) in [6.45, 7) is 10.1. The molecule has 0 fully saturated rings. The number of hydrogen-bond acceptors (Lipinski definition) is 4. The highest BCUT2D eigenvalue weighted by Crippen LogP contribution is 2.28. The van der Waals surface area contributed by atoms with Crippen LogP contribution in [-0.2, 0) is 11.2 Å². The molecule has 6 heteroatoms. The van der Waals surface area contributed by atoms with Gasteiger partial charge in [-0.25, -0.2) is 4.98 Å². The van der Waals surface area contributed by atoms with Gasteiger partial charge in [-0.15, -0.1) is 0 Å². The molecule has 0 radical (unpaired) electrons. The lowest BCUT2D eigenvalue weighted by molar-refractivity contribution is -0.115. The summed E-state index contributed by atoms with van der Waals surface area (Å²) in [6.07, 6.45) is 1.67. The zero-order chi connectivity index (χ0) is 19.3. The number of H-pyrrole nitrogens is 1. The largest absolute Gasteiger partial charge is 0.325 e. The van der Waals surface area contributed by atoms with Crippen molar-refractivity contribution >= 4 is 23.4 Å². The Kier molecular flexibility index (Phi) is 7.03. The molecule has 2 aromatic rings. The number of nitrogens with one attached hydrogen (secondary N) is 2. The fraction of sp³-hybridized carbons (Fsp3) is 0.450. The predicted molar refractivity (Wildman–Crippen MR) is 108 cm³/mol. The molecule has 140 valence electrons. The second kappa shape index (κ2) is 9.03. The van der Waals surface area contributed by atoms with Crippen molar-refractivity contribution in [1.29, 1.82) is 0 Å². The molecule has 1 atom stereocenters. The fourth-order valence-corrected chi connectivity index (χ4v) is 3.54. The van der Waals surface area contributed by atoms with E-state index in [0.29, 0.717) is 11.1 Å². The van der Waals surface area contributed by atoms with Crippen LogP contribution in [-0.4, -0.2) is 21.1 Å². The van der Waals surface area contributed by atoms with Gasteiger partial charge in [0.15, 0.2) is 5.16 Å². The van der Waals surface area contributed by atoms with Crippen LogP contribution in [0.3, 0.4) is 0 Å². The van der Waals surface area contributed by atoms with Gasteiger partial charge in [0.1, 0.15) is 0 Å². The summed E-state index contributed by atoms with van der Waals surface area (Å²) in [5.41, 5.74) is 3.61. The highest BCUT2D eigenvalue weighted by atomic mass is 32.2. The average Bonchev–Trinajstić information content (AvgIpc) is 2.56. The number of carbonyl (C=O) groups is 1. The fourth-order valence-electron chi connectivity index (χ4n) is 2.71. The van der Waals surface area contributed by atoms with E-state index in [2.05, 4.69) is 29.1 Å². The van der Waals surface area contributed by atoms with Crippen molar-refractivity contribution in [2.75, 3.05) is 5.32 Å². The number of amides is 1. The van der Waals surface area contributed by atoms with Gasteiger partial charge in [0.2, 0.25) is 5.91 Å². The molecule has 1 aromatic carbocycles. The number of aromatic amines is 1. The summed E-state index contributed by atoms with van der Waals surface area (Å²) < 4.78 is 0. The van der Waals surface area contributed by atoms with Gasteiger partial charge in [-0.3, -0.25) is 9.59 Å². The Morgan fingerprint density at radius 1 is 1.31 bits per heavy atom. The van der Waals surface area contributed by atoms with Crippen molar-refractivity contribution in [3.63, 3.8) is 0 Å². The third kappa shape index (κ3) is 5.21. The number of benzene rings is 1. The molecule has 0 saturated heterocycles. The van der Waals surface area contributed by atoms with Gasteiger partial charge in [-0.2, -0.15) is 0 Å². The minimum absolute atomic E-state index is 0.102. The normalized spacial score (nSPS) is 12.2. The van der Waals surface area contributed by atoms with E-state index in [0.717, 1.165) is 35.3 Å². The molecule has 0 unspecified atom stereocenters.